The van der Waals surface area contributed by atoms with Crippen molar-refractivity contribution >= 4 is 27.3 Å². The van der Waals surface area contributed by atoms with Crippen LogP contribution >= 0.6 is 27.3 Å². The lowest BCUT2D eigenvalue weighted by Gasteiger charge is -2.35. The molecule has 0 saturated carbocycles. The van der Waals surface area contributed by atoms with Crippen molar-refractivity contribution in [3.05, 3.63) is 20.8 Å². The first-order valence-electron chi connectivity index (χ1n) is 5.81. The summed E-state index contributed by atoms with van der Waals surface area (Å²) in [4.78, 5) is 1.38. The highest BCUT2D eigenvalue weighted by Crippen LogP contribution is 2.28. The summed E-state index contributed by atoms with van der Waals surface area (Å²) in [6, 6.07) is 2.52. The number of thiophene rings is 1. The van der Waals surface area contributed by atoms with Crippen LogP contribution in [0.15, 0.2) is 15.9 Å². The summed E-state index contributed by atoms with van der Waals surface area (Å²) in [7, 11) is 3.80. The second-order valence-corrected chi connectivity index (χ2v) is 7.26. The zero-order valence-corrected chi connectivity index (χ0v) is 13.6. The highest BCUT2D eigenvalue weighted by molar-refractivity contribution is 9.10. The Kier molecular flexibility index (Phi) is 5.64. The molecule has 1 aromatic rings. The van der Waals surface area contributed by atoms with Crippen molar-refractivity contribution in [2.45, 2.75) is 39.3 Å². The number of hydrogen-bond donors (Lipinski definition) is 1. The fourth-order valence-electron chi connectivity index (χ4n) is 2.16. The summed E-state index contributed by atoms with van der Waals surface area (Å²) >= 11 is 5.29. The highest BCUT2D eigenvalue weighted by Gasteiger charge is 2.31. The lowest BCUT2D eigenvalue weighted by Crippen LogP contribution is -2.47. The molecule has 17 heavy (non-hydrogen) atoms. The molecule has 2 unspecified atom stereocenters. The van der Waals surface area contributed by atoms with Crippen molar-refractivity contribution < 1.29 is 4.74 Å². The van der Waals surface area contributed by atoms with Crippen molar-refractivity contribution in [2.75, 3.05) is 14.2 Å². The smallest absolute Gasteiger partial charge is 0.0775 e. The van der Waals surface area contributed by atoms with Crippen molar-refractivity contribution in [1.29, 1.82) is 0 Å². The Labute approximate surface area is 117 Å². The Bertz CT molecular complexity index is 345. The molecule has 0 spiro atoms. The molecule has 0 bridgehead atoms. The second-order valence-electron chi connectivity index (χ2n) is 5.35. The zero-order chi connectivity index (χ0) is 13.1. The molecular formula is C13H22BrNOS. The maximum atomic E-state index is 5.68. The molecule has 0 fully saturated rings. The van der Waals surface area contributed by atoms with Crippen molar-refractivity contribution in [3.8, 4) is 0 Å². The maximum Gasteiger partial charge on any atom is 0.0775 e. The number of hydrogen-bond acceptors (Lipinski definition) is 3. The lowest BCUT2D eigenvalue weighted by atomic mass is 9.83. The van der Waals surface area contributed by atoms with Gasteiger partial charge in [-0.05, 0) is 40.9 Å². The number of halogens is 1. The summed E-state index contributed by atoms with van der Waals surface area (Å²) in [5.74, 6) is 0. The number of ether oxygens (including phenoxy) is 1. The van der Waals surface area contributed by atoms with Crippen LogP contribution in [0, 0.1) is 5.41 Å². The summed E-state index contributed by atoms with van der Waals surface area (Å²) in [5.41, 5.74) is 0.136. The van der Waals surface area contributed by atoms with Gasteiger partial charge in [-0.3, -0.25) is 0 Å². The van der Waals surface area contributed by atoms with E-state index in [0.717, 1.165) is 10.9 Å². The van der Waals surface area contributed by atoms with Crippen LogP contribution in [0.4, 0.5) is 0 Å². The largest absolute Gasteiger partial charge is 0.379 e. The molecule has 2 atom stereocenters. The van der Waals surface area contributed by atoms with E-state index >= 15 is 0 Å². The molecule has 1 N–H and O–H groups in total. The van der Waals surface area contributed by atoms with Gasteiger partial charge in [0.25, 0.3) is 0 Å². The quantitative estimate of drug-likeness (QED) is 0.893. The van der Waals surface area contributed by atoms with E-state index in [0.29, 0.717) is 6.04 Å². The fraction of sp³-hybridized carbons (Fsp3) is 0.692. The molecule has 0 saturated heterocycles. The van der Waals surface area contributed by atoms with Crippen molar-refractivity contribution in [1.82, 2.24) is 5.32 Å². The van der Waals surface area contributed by atoms with Gasteiger partial charge in [0.2, 0.25) is 0 Å². The Balaban J connectivity index is 2.76. The number of likely N-dealkylation sites (N-methyl/N-ethyl adjacent to an activating group) is 1. The van der Waals surface area contributed by atoms with E-state index in [-0.39, 0.29) is 11.5 Å². The fourth-order valence-corrected chi connectivity index (χ4v) is 3.67. The van der Waals surface area contributed by atoms with Gasteiger partial charge in [0, 0.05) is 27.9 Å². The number of nitrogens with one attached hydrogen (secondary N) is 1. The molecule has 1 rings (SSSR count). The minimum Gasteiger partial charge on any atom is -0.379 e. The van der Waals surface area contributed by atoms with Crippen LogP contribution in [-0.2, 0) is 11.2 Å². The van der Waals surface area contributed by atoms with Crippen LogP contribution in [0.2, 0.25) is 0 Å². The molecule has 0 aliphatic rings. The molecule has 0 amide bonds. The topological polar surface area (TPSA) is 21.3 Å². The van der Waals surface area contributed by atoms with Gasteiger partial charge < -0.3 is 10.1 Å². The van der Waals surface area contributed by atoms with E-state index in [1.807, 2.05) is 7.05 Å². The minimum absolute atomic E-state index is 0.136. The van der Waals surface area contributed by atoms with Crippen LogP contribution in [0.5, 0.6) is 0 Å². The van der Waals surface area contributed by atoms with Crippen LogP contribution in [0.25, 0.3) is 0 Å². The highest BCUT2D eigenvalue weighted by atomic mass is 79.9. The summed E-state index contributed by atoms with van der Waals surface area (Å²) < 4.78 is 6.84. The molecule has 0 aliphatic carbocycles. The van der Waals surface area contributed by atoms with Gasteiger partial charge in [0.05, 0.1) is 6.10 Å². The second kappa shape index (κ2) is 6.32. The Hall–Kier alpha value is 0.1000. The van der Waals surface area contributed by atoms with Crippen LogP contribution in [0.1, 0.15) is 25.6 Å². The third-order valence-corrected chi connectivity index (χ3v) is 4.61. The van der Waals surface area contributed by atoms with Crippen molar-refractivity contribution in [3.63, 3.8) is 0 Å². The summed E-state index contributed by atoms with van der Waals surface area (Å²) in [6.45, 7) is 6.65. The van der Waals surface area contributed by atoms with Crippen LogP contribution < -0.4 is 5.32 Å². The molecule has 1 aromatic heterocycles. The Morgan fingerprint density at radius 1 is 1.47 bits per heavy atom. The van der Waals surface area contributed by atoms with Gasteiger partial charge in [-0.1, -0.05) is 20.8 Å². The number of rotatable bonds is 5. The Morgan fingerprint density at radius 2 is 2.12 bits per heavy atom. The van der Waals surface area contributed by atoms with Gasteiger partial charge in [0.15, 0.2) is 0 Å². The molecule has 0 radical (unpaired) electrons. The predicted molar refractivity (Wildman–Crippen MR) is 78.8 cm³/mol. The normalized spacial score (nSPS) is 15.9. The molecule has 0 aliphatic heterocycles. The van der Waals surface area contributed by atoms with E-state index in [9.17, 15) is 0 Å². The molecule has 0 aromatic carbocycles. The van der Waals surface area contributed by atoms with Gasteiger partial charge in [-0.2, -0.15) is 0 Å². The molecule has 1 heterocycles. The van der Waals surface area contributed by atoms with E-state index in [1.54, 1.807) is 18.4 Å². The lowest BCUT2D eigenvalue weighted by molar-refractivity contribution is -0.00904. The maximum absolute atomic E-state index is 5.68. The number of methoxy groups -OCH3 is 1. The molecule has 4 heteroatoms. The van der Waals surface area contributed by atoms with E-state index in [1.165, 1.54) is 4.88 Å². The SMILES string of the molecule is CNC(Cc1cc(Br)cs1)C(OC)C(C)(C)C. The first-order chi connectivity index (χ1) is 7.88. The average molecular weight is 320 g/mol. The standard InChI is InChI=1S/C13H22BrNOS/c1-13(2,3)12(16-5)11(15-4)7-10-6-9(14)8-17-10/h6,8,11-12,15H,7H2,1-5H3. The monoisotopic (exact) mass is 319 g/mol. The van der Waals surface area contributed by atoms with Crippen LogP contribution in [0.3, 0.4) is 0 Å². The third-order valence-electron chi connectivity index (χ3n) is 2.89. The van der Waals surface area contributed by atoms with Gasteiger partial charge in [-0.15, -0.1) is 11.3 Å². The molecule has 98 valence electrons. The van der Waals surface area contributed by atoms with Gasteiger partial charge >= 0.3 is 0 Å². The summed E-state index contributed by atoms with van der Waals surface area (Å²) in [6.07, 6.45) is 1.20. The average Bonchev–Trinajstić information content (AvgIpc) is 2.61. The van der Waals surface area contributed by atoms with Gasteiger partial charge in [0.1, 0.15) is 0 Å². The van der Waals surface area contributed by atoms with Crippen molar-refractivity contribution in [2.24, 2.45) is 5.41 Å². The Morgan fingerprint density at radius 3 is 2.47 bits per heavy atom. The summed E-state index contributed by atoms with van der Waals surface area (Å²) in [5, 5.41) is 5.51. The van der Waals surface area contributed by atoms with Gasteiger partial charge in [-0.25, -0.2) is 0 Å². The van der Waals surface area contributed by atoms with E-state index in [2.05, 4.69) is 53.5 Å². The predicted octanol–water partition coefficient (Wildman–Crippen LogP) is 3.70. The zero-order valence-electron chi connectivity index (χ0n) is 11.2. The van der Waals surface area contributed by atoms with Crippen LogP contribution in [-0.4, -0.2) is 26.3 Å². The minimum atomic E-state index is 0.136. The molecule has 2 nitrogen and oxygen atoms in total. The van der Waals surface area contributed by atoms with E-state index < -0.39 is 0 Å². The third kappa shape index (κ3) is 4.36. The first kappa shape index (κ1) is 15.2. The van der Waals surface area contributed by atoms with E-state index in [4.69, 9.17) is 4.74 Å². The first-order valence-corrected chi connectivity index (χ1v) is 7.48. The molecular weight excluding hydrogens is 298 g/mol.